The fourth-order valence-electron chi connectivity index (χ4n) is 2.65. The van der Waals surface area contributed by atoms with E-state index in [4.69, 9.17) is 0 Å². The molecule has 0 bridgehead atoms. The zero-order valence-corrected chi connectivity index (χ0v) is 14.6. The molecule has 7 nitrogen and oxygen atoms in total. The number of amides is 1. The normalized spacial score (nSPS) is 18.3. The second kappa shape index (κ2) is 7.76. The van der Waals surface area contributed by atoms with Crippen molar-refractivity contribution >= 4 is 21.9 Å². The van der Waals surface area contributed by atoms with E-state index in [1.807, 2.05) is 6.92 Å². The predicted octanol–water partition coefficient (Wildman–Crippen LogP) is 0.827. The van der Waals surface area contributed by atoms with Gasteiger partial charge >= 0.3 is 11.9 Å². The zero-order valence-electron chi connectivity index (χ0n) is 13.8. The molecule has 1 heterocycles. The van der Waals surface area contributed by atoms with Crippen molar-refractivity contribution < 1.29 is 22.7 Å². The third-order valence-electron chi connectivity index (χ3n) is 3.91. The average molecular weight is 354 g/mol. The summed E-state index contributed by atoms with van der Waals surface area (Å²) in [7, 11) is -3.62. The first-order valence-electron chi connectivity index (χ1n) is 7.89. The van der Waals surface area contributed by atoms with Gasteiger partial charge in [0.25, 0.3) is 0 Å². The molecule has 0 unspecified atom stereocenters. The van der Waals surface area contributed by atoms with Gasteiger partial charge in [-0.1, -0.05) is 17.7 Å². The smallest absolute Gasteiger partial charge is 0.396 e. The van der Waals surface area contributed by atoms with Crippen LogP contribution in [0.15, 0.2) is 29.2 Å². The molecule has 1 aliphatic heterocycles. The van der Waals surface area contributed by atoms with Gasteiger partial charge < -0.3 is 10.1 Å². The van der Waals surface area contributed by atoms with E-state index in [0.29, 0.717) is 19.4 Å². The van der Waals surface area contributed by atoms with Crippen molar-refractivity contribution in [3.63, 3.8) is 0 Å². The first-order chi connectivity index (χ1) is 11.4. The Balaban J connectivity index is 2.06. The molecule has 1 aromatic carbocycles. The van der Waals surface area contributed by atoms with Gasteiger partial charge in [-0.25, -0.2) is 13.2 Å². The maximum Gasteiger partial charge on any atom is 0.396 e. The first kappa shape index (κ1) is 18.4. The van der Waals surface area contributed by atoms with Crippen LogP contribution in [0, 0.1) is 6.92 Å². The number of rotatable bonds is 5. The van der Waals surface area contributed by atoms with Gasteiger partial charge in [0.1, 0.15) is 0 Å². The number of carbonyl (C=O) groups is 2. The molecule has 0 aromatic heterocycles. The third-order valence-corrected chi connectivity index (χ3v) is 5.88. The largest absolute Gasteiger partial charge is 0.459 e. The minimum atomic E-state index is -3.62. The summed E-state index contributed by atoms with van der Waals surface area (Å²) in [4.78, 5) is 23.1. The van der Waals surface area contributed by atoms with Gasteiger partial charge in [0.15, 0.2) is 0 Å². The van der Waals surface area contributed by atoms with E-state index in [9.17, 15) is 18.0 Å². The first-order valence-corrected chi connectivity index (χ1v) is 9.33. The van der Waals surface area contributed by atoms with Gasteiger partial charge in [-0.2, -0.15) is 4.31 Å². The van der Waals surface area contributed by atoms with Gasteiger partial charge in [0, 0.05) is 19.1 Å². The van der Waals surface area contributed by atoms with Gasteiger partial charge in [0.2, 0.25) is 10.0 Å². The van der Waals surface area contributed by atoms with E-state index in [0.717, 1.165) is 5.56 Å². The van der Waals surface area contributed by atoms with Gasteiger partial charge in [-0.3, -0.25) is 4.79 Å². The van der Waals surface area contributed by atoms with Crippen LogP contribution in [0.4, 0.5) is 0 Å². The highest BCUT2D eigenvalue weighted by Gasteiger charge is 2.35. The van der Waals surface area contributed by atoms with Crippen LogP contribution in [-0.2, 0) is 24.3 Å². The molecule has 0 radical (unpaired) electrons. The maximum atomic E-state index is 12.8. The van der Waals surface area contributed by atoms with Crippen LogP contribution in [0.25, 0.3) is 0 Å². The van der Waals surface area contributed by atoms with Crippen LogP contribution in [0.3, 0.4) is 0 Å². The quantitative estimate of drug-likeness (QED) is 0.624. The van der Waals surface area contributed by atoms with E-state index in [1.165, 1.54) is 4.31 Å². The second-order valence-electron chi connectivity index (χ2n) is 5.66. The fourth-order valence-corrected chi connectivity index (χ4v) is 4.35. The number of nitrogens with zero attached hydrogens (tertiary/aromatic N) is 1. The highest BCUT2D eigenvalue weighted by molar-refractivity contribution is 7.89. The Morgan fingerprint density at radius 2 is 1.96 bits per heavy atom. The zero-order chi connectivity index (χ0) is 17.7. The van der Waals surface area contributed by atoms with Crippen molar-refractivity contribution in [1.82, 2.24) is 9.62 Å². The summed E-state index contributed by atoms with van der Waals surface area (Å²) in [5, 5.41) is 2.45. The minimum absolute atomic E-state index is 0.0861. The van der Waals surface area contributed by atoms with Crippen molar-refractivity contribution in [3.05, 3.63) is 29.8 Å². The Morgan fingerprint density at radius 1 is 1.29 bits per heavy atom. The average Bonchev–Trinajstić information content (AvgIpc) is 3.02. The van der Waals surface area contributed by atoms with Crippen molar-refractivity contribution in [2.45, 2.75) is 37.6 Å². The molecule has 1 atom stereocenters. The molecule has 1 amide bonds. The number of carbonyl (C=O) groups excluding carboxylic acids is 2. The van der Waals surface area contributed by atoms with E-state index < -0.39 is 21.9 Å². The molecular weight excluding hydrogens is 332 g/mol. The number of benzene rings is 1. The second-order valence-corrected chi connectivity index (χ2v) is 7.55. The molecule has 0 spiro atoms. The van der Waals surface area contributed by atoms with Crippen LogP contribution < -0.4 is 5.32 Å². The van der Waals surface area contributed by atoms with E-state index >= 15 is 0 Å². The van der Waals surface area contributed by atoms with E-state index in [1.54, 1.807) is 31.2 Å². The van der Waals surface area contributed by atoms with Gasteiger partial charge in [-0.15, -0.1) is 0 Å². The summed E-state index contributed by atoms with van der Waals surface area (Å²) in [6.07, 6.45) is 1.35. The lowest BCUT2D eigenvalue weighted by molar-refractivity contribution is -0.154. The Bertz CT molecular complexity index is 700. The Hall–Kier alpha value is -1.93. The highest BCUT2D eigenvalue weighted by atomic mass is 32.2. The summed E-state index contributed by atoms with van der Waals surface area (Å²) in [6, 6.07) is 6.30. The lowest BCUT2D eigenvalue weighted by atomic mass is 10.2. The SMILES string of the molecule is CCOC(=O)C(=O)NC[C@H]1CCCN1S(=O)(=O)c1ccc(C)cc1. The topological polar surface area (TPSA) is 92.8 Å². The fraction of sp³-hybridized carbons (Fsp3) is 0.500. The standard InChI is InChI=1S/C16H22N2O5S/c1-3-23-16(20)15(19)17-11-13-5-4-10-18(13)24(21,22)14-8-6-12(2)7-9-14/h6-9,13H,3-5,10-11H2,1-2H3,(H,17,19)/t13-/m1/s1. The van der Waals surface area contributed by atoms with Crippen molar-refractivity contribution in [2.24, 2.45) is 0 Å². The van der Waals surface area contributed by atoms with Crippen molar-refractivity contribution in [2.75, 3.05) is 19.7 Å². The summed E-state index contributed by atoms with van der Waals surface area (Å²) < 4.78 is 31.5. The summed E-state index contributed by atoms with van der Waals surface area (Å²) in [5.41, 5.74) is 0.980. The lowest BCUT2D eigenvalue weighted by Crippen LogP contribution is -2.44. The summed E-state index contributed by atoms with van der Waals surface area (Å²) >= 11 is 0. The number of ether oxygens (including phenoxy) is 1. The maximum absolute atomic E-state index is 12.8. The minimum Gasteiger partial charge on any atom is -0.459 e. The summed E-state index contributed by atoms with van der Waals surface area (Å²) in [6.45, 7) is 4.10. The molecule has 1 N–H and O–H groups in total. The molecule has 1 aromatic rings. The van der Waals surface area contributed by atoms with Crippen LogP contribution in [0.5, 0.6) is 0 Å². The molecule has 1 aliphatic rings. The van der Waals surface area contributed by atoms with Crippen LogP contribution in [0.1, 0.15) is 25.3 Å². The molecule has 24 heavy (non-hydrogen) atoms. The number of hydrogen-bond donors (Lipinski definition) is 1. The Kier molecular flexibility index (Phi) is 5.95. The van der Waals surface area contributed by atoms with Gasteiger partial charge in [-0.05, 0) is 38.8 Å². The molecule has 1 fully saturated rings. The molecule has 8 heteroatoms. The third kappa shape index (κ3) is 4.12. The van der Waals surface area contributed by atoms with Crippen molar-refractivity contribution in [3.8, 4) is 0 Å². The van der Waals surface area contributed by atoms with Crippen LogP contribution in [0.2, 0.25) is 0 Å². The van der Waals surface area contributed by atoms with Crippen LogP contribution in [-0.4, -0.2) is 50.3 Å². The molecule has 0 aliphatic carbocycles. The van der Waals surface area contributed by atoms with E-state index in [-0.39, 0.29) is 24.1 Å². The van der Waals surface area contributed by atoms with E-state index in [2.05, 4.69) is 10.1 Å². The Morgan fingerprint density at radius 3 is 2.58 bits per heavy atom. The number of hydrogen-bond acceptors (Lipinski definition) is 5. The highest BCUT2D eigenvalue weighted by Crippen LogP contribution is 2.25. The molecular formula is C16H22N2O5S. The molecule has 2 rings (SSSR count). The molecule has 132 valence electrons. The Labute approximate surface area is 142 Å². The number of aryl methyl sites for hydroxylation is 1. The number of sulfonamides is 1. The molecule has 1 saturated heterocycles. The van der Waals surface area contributed by atoms with Crippen LogP contribution >= 0.6 is 0 Å². The van der Waals surface area contributed by atoms with Crippen molar-refractivity contribution in [1.29, 1.82) is 0 Å². The summed E-state index contributed by atoms with van der Waals surface area (Å²) in [5.74, 6) is -1.81. The number of nitrogens with one attached hydrogen (secondary N) is 1. The van der Waals surface area contributed by atoms with Gasteiger partial charge in [0.05, 0.1) is 11.5 Å². The number of esters is 1. The monoisotopic (exact) mass is 354 g/mol. The molecule has 0 saturated carbocycles. The lowest BCUT2D eigenvalue weighted by Gasteiger charge is -2.24. The predicted molar refractivity (Wildman–Crippen MR) is 87.7 cm³/mol.